The molecule has 0 aliphatic carbocycles. The van der Waals surface area contributed by atoms with E-state index in [-0.39, 0.29) is 0 Å². The van der Waals surface area contributed by atoms with Crippen LogP contribution in [0.15, 0.2) is 18.2 Å². The van der Waals surface area contributed by atoms with Gasteiger partial charge < -0.3 is 10.1 Å². The molecule has 2 aromatic rings. The standard InChI is InChI=1S/C14H18N4O/c1-5-15-13-16-12(17-14(18-13)19-4)11-7-6-9(2)8-10(11)3/h6-8H,5H2,1-4H3,(H,15,16,17,18). The Morgan fingerprint density at radius 3 is 2.58 bits per heavy atom. The smallest absolute Gasteiger partial charge is 0.321 e. The van der Waals surface area contributed by atoms with Crippen molar-refractivity contribution in [3.63, 3.8) is 0 Å². The molecule has 1 N–H and O–H groups in total. The van der Waals surface area contributed by atoms with Gasteiger partial charge in [0.25, 0.3) is 0 Å². The second-order valence-corrected chi connectivity index (χ2v) is 4.32. The Balaban J connectivity index is 2.51. The van der Waals surface area contributed by atoms with E-state index in [4.69, 9.17) is 4.74 Å². The van der Waals surface area contributed by atoms with Crippen LogP contribution in [0.2, 0.25) is 0 Å². The zero-order valence-electron chi connectivity index (χ0n) is 11.7. The van der Waals surface area contributed by atoms with Crippen LogP contribution in [0.1, 0.15) is 18.1 Å². The Kier molecular flexibility index (Phi) is 3.94. The van der Waals surface area contributed by atoms with Gasteiger partial charge in [0.15, 0.2) is 5.82 Å². The minimum Gasteiger partial charge on any atom is -0.467 e. The van der Waals surface area contributed by atoms with Crippen LogP contribution >= 0.6 is 0 Å². The van der Waals surface area contributed by atoms with E-state index < -0.39 is 0 Å². The maximum atomic E-state index is 5.12. The first-order valence-electron chi connectivity index (χ1n) is 6.25. The Hall–Kier alpha value is -2.17. The third-order valence-corrected chi connectivity index (χ3v) is 2.76. The monoisotopic (exact) mass is 258 g/mol. The third-order valence-electron chi connectivity index (χ3n) is 2.76. The maximum Gasteiger partial charge on any atom is 0.321 e. The summed E-state index contributed by atoms with van der Waals surface area (Å²) in [7, 11) is 1.55. The van der Waals surface area contributed by atoms with Gasteiger partial charge in [-0.05, 0) is 26.3 Å². The van der Waals surface area contributed by atoms with Crippen molar-refractivity contribution in [2.75, 3.05) is 19.0 Å². The number of aromatic nitrogens is 3. The summed E-state index contributed by atoms with van der Waals surface area (Å²) < 4.78 is 5.12. The molecule has 0 bridgehead atoms. The van der Waals surface area contributed by atoms with Crippen molar-refractivity contribution in [2.24, 2.45) is 0 Å². The van der Waals surface area contributed by atoms with E-state index in [1.54, 1.807) is 7.11 Å². The highest BCUT2D eigenvalue weighted by Crippen LogP contribution is 2.23. The van der Waals surface area contributed by atoms with Crippen LogP contribution < -0.4 is 10.1 Å². The van der Waals surface area contributed by atoms with Crippen LogP contribution in [0.3, 0.4) is 0 Å². The van der Waals surface area contributed by atoms with Gasteiger partial charge >= 0.3 is 6.01 Å². The number of hydrogen-bond donors (Lipinski definition) is 1. The van der Waals surface area contributed by atoms with Crippen molar-refractivity contribution in [3.05, 3.63) is 29.3 Å². The second-order valence-electron chi connectivity index (χ2n) is 4.32. The van der Waals surface area contributed by atoms with Gasteiger partial charge in [-0.15, -0.1) is 0 Å². The topological polar surface area (TPSA) is 59.9 Å². The number of methoxy groups -OCH3 is 1. The minimum atomic E-state index is 0.320. The van der Waals surface area contributed by atoms with Gasteiger partial charge in [-0.1, -0.05) is 23.8 Å². The van der Waals surface area contributed by atoms with E-state index >= 15 is 0 Å². The lowest BCUT2D eigenvalue weighted by molar-refractivity contribution is 0.379. The highest BCUT2D eigenvalue weighted by molar-refractivity contribution is 5.61. The van der Waals surface area contributed by atoms with Crippen molar-refractivity contribution in [2.45, 2.75) is 20.8 Å². The lowest BCUT2D eigenvalue weighted by Crippen LogP contribution is -2.06. The van der Waals surface area contributed by atoms with Gasteiger partial charge in [0, 0.05) is 12.1 Å². The number of nitrogens with zero attached hydrogens (tertiary/aromatic N) is 3. The van der Waals surface area contributed by atoms with Gasteiger partial charge in [0.1, 0.15) is 0 Å². The Morgan fingerprint density at radius 1 is 1.16 bits per heavy atom. The first kappa shape index (κ1) is 13.3. The second kappa shape index (κ2) is 5.65. The number of ether oxygens (including phenoxy) is 1. The molecule has 5 heteroatoms. The van der Waals surface area contributed by atoms with E-state index in [2.05, 4.69) is 33.3 Å². The number of nitrogens with one attached hydrogen (secondary N) is 1. The van der Waals surface area contributed by atoms with Gasteiger partial charge in [-0.25, -0.2) is 0 Å². The number of benzene rings is 1. The predicted molar refractivity (Wildman–Crippen MR) is 75.5 cm³/mol. The average Bonchev–Trinajstić information content (AvgIpc) is 2.38. The van der Waals surface area contributed by atoms with E-state index in [9.17, 15) is 0 Å². The summed E-state index contributed by atoms with van der Waals surface area (Å²) in [6.45, 7) is 6.85. The van der Waals surface area contributed by atoms with E-state index in [0.717, 1.165) is 17.7 Å². The summed E-state index contributed by atoms with van der Waals surface area (Å²) in [4.78, 5) is 12.9. The van der Waals surface area contributed by atoms with Crippen molar-refractivity contribution in [3.8, 4) is 17.4 Å². The van der Waals surface area contributed by atoms with Crippen molar-refractivity contribution in [1.82, 2.24) is 15.0 Å². The number of rotatable bonds is 4. The van der Waals surface area contributed by atoms with E-state index in [1.165, 1.54) is 5.56 Å². The first-order chi connectivity index (χ1) is 9.13. The molecule has 0 aliphatic heterocycles. The molecule has 0 saturated carbocycles. The SMILES string of the molecule is CCNc1nc(OC)nc(-c2ccc(C)cc2C)n1. The van der Waals surface area contributed by atoms with E-state index in [1.807, 2.05) is 26.0 Å². The molecular weight excluding hydrogens is 240 g/mol. The Labute approximate surface area is 113 Å². The average molecular weight is 258 g/mol. The molecule has 0 saturated heterocycles. The summed E-state index contributed by atoms with van der Waals surface area (Å²) >= 11 is 0. The molecule has 2 rings (SSSR count). The highest BCUT2D eigenvalue weighted by atomic mass is 16.5. The fraction of sp³-hybridized carbons (Fsp3) is 0.357. The van der Waals surface area contributed by atoms with Gasteiger partial charge in [0.2, 0.25) is 5.95 Å². The molecule has 5 nitrogen and oxygen atoms in total. The number of anilines is 1. The molecular formula is C14H18N4O. The third kappa shape index (κ3) is 2.99. The molecule has 100 valence electrons. The summed E-state index contributed by atoms with van der Waals surface area (Å²) in [5.41, 5.74) is 3.34. The number of aryl methyl sites for hydroxylation is 2. The van der Waals surface area contributed by atoms with Crippen LogP contribution in [0.4, 0.5) is 5.95 Å². The van der Waals surface area contributed by atoms with Gasteiger partial charge in [-0.2, -0.15) is 15.0 Å². The first-order valence-corrected chi connectivity index (χ1v) is 6.25. The molecule has 0 fully saturated rings. The molecule has 0 spiro atoms. The molecule has 19 heavy (non-hydrogen) atoms. The summed E-state index contributed by atoms with van der Waals surface area (Å²) in [6.07, 6.45) is 0. The lowest BCUT2D eigenvalue weighted by atomic mass is 10.1. The molecule has 0 atom stereocenters. The zero-order chi connectivity index (χ0) is 13.8. The molecule has 1 aromatic carbocycles. The summed E-state index contributed by atoms with van der Waals surface area (Å²) in [6, 6.07) is 6.50. The van der Waals surface area contributed by atoms with Crippen molar-refractivity contribution >= 4 is 5.95 Å². The van der Waals surface area contributed by atoms with Crippen LogP contribution in [-0.4, -0.2) is 28.6 Å². The molecule has 0 amide bonds. The summed E-state index contributed by atoms with van der Waals surface area (Å²) in [5.74, 6) is 1.16. The normalized spacial score (nSPS) is 10.3. The quantitative estimate of drug-likeness (QED) is 0.913. The van der Waals surface area contributed by atoms with Crippen LogP contribution in [-0.2, 0) is 0 Å². The molecule has 0 radical (unpaired) electrons. The van der Waals surface area contributed by atoms with Crippen molar-refractivity contribution in [1.29, 1.82) is 0 Å². The summed E-state index contributed by atoms with van der Waals surface area (Å²) in [5, 5.41) is 3.08. The minimum absolute atomic E-state index is 0.320. The van der Waals surface area contributed by atoms with E-state index in [0.29, 0.717) is 17.8 Å². The predicted octanol–water partition coefficient (Wildman–Crippen LogP) is 2.60. The van der Waals surface area contributed by atoms with Gasteiger partial charge in [-0.3, -0.25) is 0 Å². The van der Waals surface area contributed by atoms with Crippen LogP contribution in [0.5, 0.6) is 6.01 Å². The van der Waals surface area contributed by atoms with Crippen LogP contribution in [0, 0.1) is 13.8 Å². The molecule has 1 aromatic heterocycles. The fourth-order valence-electron chi connectivity index (χ4n) is 1.87. The number of hydrogen-bond acceptors (Lipinski definition) is 5. The zero-order valence-corrected chi connectivity index (χ0v) is 11.7. The fourth-order valence-corrected chi connectivity index (χ4v) is 1.87. The lowest BCUT2D eigenvalue weighted by Gasteiger charge is -2.09. The maximum absolute atomic E-state index is 5.12. The molecule has 0 unspecified atom stereocenters. The Morgan fingerprint density at radius 2 is 1.95 bits per heavy atom. The van der Waals surface area contributed by atoms with Crippen LogP contribution in [0.25, 0.3) is 11.4 Å². The highest BCUT2D eigenvalue weighted by Gasteiger charge is 2.10. The van der Waals surface area contributed by atoms with Crippen molar-refractivity contribution < 1.29 is 4.74 Å². The molecule has 1 heterocycles. The molecule has 0 aliphatic rings. The van der Waals surface area contributed by atoms with Gasteiger partial charge in [0.05, 0.1) is 7.11 Å². The largest absolute Gasteiger partial charge is 0.467 e. The Bertz CT molecular complexity index is 584.